The number of ether oxygens (including phenoxy) is 1. The molecule has 0 bridgehead atoms. The van der Waals surface area contributed by atoms with E-state index < -0.39 is 0 Å². The van der Waals surface area contributed by atoms with Crippen molar-refractivity contribution in [3.05, 3.63) is 52.9 Å². The molecule has 0 amide bonds. The summed E-state index contributed by atoms with van der Waals surface area (Å²) in [7, 11) is 0. The van der Waals surface area contributed by atoms with Crippen molar-refractivity contribution in [3.8, 4) is 0 Å². The summed E-state index contributed by atoms with van der Waals surface area (Å²) < 4.78 is 7.25. The second kappa shape index (κ2) is 4.65. The smallest absolute Gasteiger partial charge is 0.156 e. The van der Waals surface area contributed by atoms with E-state index in [-0.39, 0.29) is 17.3 Å². The molecular weight excluding hydrogens is 280 g/mol. The fraction of sp³-hybridized carbons (Fsp3) is 0.278. The van der Waals surface area contributed by atoms with Crippen LogP contribution in [0.4, 0.5) is 0 Å². The summed E-state index contributed by atoms with van der Waals surface area (Å²) >= 11 is 1.79. The topological polar surface area (TPSA) is 26.3 Å². The van der Waals surface area contributed by atoms with Crippen LogP contribution in [0.2, 0.25) is 0 Å². The molecule has 2 atom stereocenters. The summed E-state index contributed by atoms with van der Waals surface area (Å²) in [6.07, 6.45) is 6.37. The second-order valence-corrected chi connectivity index (χ2v) is 7.05. The molecule has 21 heavy (non-hydrogen) atoms. The third kappa shape index (κ3) is 2.17. The number of benzene rings is 1. The Bertz CT molecular complexity index is 750. The summed E-state index contributed by atoms with van der Waals surface area (Å²) in [6, 6.07) is 10.6. The number of fused-ring (bicyclic) bond motifs is 2. The van der Waals surface area contributed by atoms with Gasteiger partial charge in [-0.2, -0.15) is 0 Å². The molecule has 2 aliphatic rings. The molecule has 3 heteroatoms. The van der Waals surface area contributed by atoms with Crippen molar-refractivity contribution in [3.63, 3.8) is 0 Å². The number of ketones is 1. The number of carbonyl (C=O) groups is 1. The molecule has 0 saturated carbocycles. The second-order valence-electron chi connectivity index (χ2n) is 5.93. The zero-order chi connectivity index (χ0) is 14.4. The highest BCUT2D eigenvalue weighted by Gasteiger charge is 2.44. The lowest BCUT2D eigenvalue weighted by molar-refractivity contribution is -0.117. The van der Waals surface area contributed by atoms with Crippen LogP contribution >= 0.6 is 11.3 Å². The Morgan fingerprint density at radius 1 is 1.38 bits per heavy atom. The van der Waals surface area contributed by atoms with E-state index in [1.54, 1.807) is 17.4 Å². The molecular formula is C18H16O2S. The van der Waals surface area contributed by atoms with Crippen LogP contribution < -0.4 is 0 Å². The number of carbonyl (C=O) groups excluding carboxylic acids is 1. The molecule has 106 valence electrons. The molecule has 0 unspecified atom stereocenters. The molecule has 2 heterocycles. The lowest BCUT2D eigenvalue weighted by atomic mass is 9.78. The van der Waals surface area contributed by atoms with Gasteiger partial charge in [0.1, 0.15) is 0 Å². The third-order valence-electron chi connectivity index (χ3n) is 4.47. The quantitative estimate of drug-likeness (QED) is 0.787. The van der Waals surface area contributed by atoms with Gasteiger partial charge in [-0.1, -0.05) is 18.2 Å². The number of rotatable bonds is 1. The van der Waals surface area contributed by atoms with Crippen LogP contribution in [0.3, 0.4) is 0 Å². The van der Waals surface area contributed by atoms with Gasteiger partial charge in [-0.05, 0) is 48.2 Å². The zero-order valence-corrected chi connectivity index (χ0v) is 12.7. The van der Waals surface area contributed by atoms with Gasteiger partial charge >= 0.3 is 0 Å². The third-order valence-corrected chi connectivity index (χ3v) is 5.53. The van der Waals surface area contributed by atoms with Crippen LogP contribution in [0.5, 0.6) is 0 Å². The minimum absolute atomic E-state index is 0.181. The maximum atomic E-state index is 11.7. The summed E-state index contributed by atoms with van der Waals surface area (Å²) in [4.78, 5) is 13.0. The van der Waals surface area contributed by atoms with E-state index in [1.807, 2.05) is 6.08 Å². The lowest BCUT2D eigenvalue weighted by Crippen LogP contribution is -2.34. The molecule has 1 aromatic heterocycles. The zero-order valence-electron chi connectivity index (χ0n) is 11.8. The molecule has 1 aliphatic carbocycles. The Morgan fingerprint density at radius 2 is 2.24 bits per heavy atom. The van der Waals surface area contributed by atoms with Gasteiger partial charge in [0.2, 0.25) is 0 Å². The largest absolute Gasteiger partial charge is 0.366 e. The monoisotopic (exact) mass is 296 g/mol. The standard InChI is InChI=1S/C18H16O2S/c1-18-7-6-14(19)10-16(18)13(11-20-18)9-15-8-12-4-2-3-5-17(12)21-15/h2-9,16H,10-11H2,1H3/b13-9-/t16-,18-/m1/s1. The molecule has 1 saturated heterocycles. The van der Waals surface area contributed by atoms with E-state index in [9.17, 15) is 4.79 Å². The first-order valence-electron chi connectivity index (χ1n) is 7.19. The Balaban J connectivity index is 1.73. The van der Waals surface area contributed by atoms with Gasteiger partial charge in [-0.15, -0.1) is 11.3 Å². The number of hydrogen-bond acceptors (Lipinski definition) is 3. The molecule has 0 radical (unpaired) electrons. The van der Waals surface area contributed by atoms with Crippen LogP contribution in [0.15, 0.2) is 48.1 Å². The lowest BCUT2D eigenvalue weighted by Gasteiger charge is -2.29. The fourth-order valence-corrected chi connectivity index (χ4v) is 4.27. The average Bonchev–Trinajstić information content (AvgIpc) is 3.02. The van der Waals surface area contributed by atoms with Crippen molar-refractivity contribution in [2.45, 2.75) is 18.9 Å². The van der Waals surface area contributed by atoms with E-state index in [0.717, 1.165) is 0 Å². The molecule has 1 aliphatic heterocycles. The Morgan fingerprint density at radius 3 is 3.10 bits per heavy atom. The maximum absolute atomic E-state index is 11.7. The van der Waals surface area contributed by atoms with E-state index >= 15 is 0 Å². The Kier molecular flexibility index (Phi) is 2.88. The van der Waals surface area contributed by atoms with Crippen LogP contribution in [0, 0.1) is 5.92 Å². The number of hydrogen-bond donors (Lipinski definition) is 0. The first kappa shape index (κ1) is 13.0. The molecule has 0 spiro atoms. The molecule has 2 nitrogen and oxygen atoms in total. The van der Waals surface area contributed by atoms with Crippen LogP contribution in [-0.2, 0) is 9.53 Å². The van der Waals surface area contributed by atoms with Gasteiger partial charge in [-0.25, -0.2) is 0 Å². The molecule has 2 aromatic rings. The summed E-state index contributed by atoms with van der Waals surface area (Å²) in [5.74, 6) is 0.380. The predicted molar refractivity (Wildman–Crippen MR) is 86.4 cm³/mol. The maximum Gasteiger partial charge on any atom is 0.156 e. The van der Waals surface area contributed by atoms with Gasteiger partial charge in [-0.3, -0.25) is 4.79 Å². The van der Waals surface area contributed by atoms with Crippen LogP contribution in [0.25, 0.3) is 16.2 Å². The summed E-state index contributed by atoms with van der Waals surface area (Å²) in [6.45, 7) is 2.69. The normalized spacial score (nSPS) is 30.2. The number of thiophene rings is 1. The van der Waals surface area contributed by atoms with Crippen LogP contribution in [0.1, 0.15) is 18.2 Å². The Labute approximate surface area is 127 Å². The first-order chi connectivity index (χ1) is 10.1. The fourth-order valence-electron chi connectivity index (χ4n) is 3.23. The average molecular weight is 296 g/mol. The highest BCUT2D eigenvalue weighted by Crippen LogP contribution is 2.43. The summed E-state index contributed by atoms with van der Waals surface area (Å²) in [5, 5.41) is 1.27. The van der Waals surface area contributed by atoms with Gasteiger partial charge in [0, 0.05) is 21.9 Å². The highest BCUT2D eigenvalue weighted by atomic mass is 32.1. The van der Waals surface area contributed by atoms with E-state index in [2.05, 4.69) is 43.3 Å². The van der Waals surface area contributed by atoms with Gasteiger partial charge in [0.05, 0.1) is 12.2 Å². The number of allylic oxidation sites excluding steroid dienone is 1. The van der Waals surface area contributed by atoms with Crippen molar-refractivity contribution in [1.82, 2.24) is 0 Å². The van der Waals surface area contributed by atoms with E-state index in [4.69, 9.17) is 4.74 Å². The van der Waals surface area contributed by atoms with Gasteiger partial charge in [0.25, 0.3) is 0 Å². The molecule has 0 N–H and O–H groups in total. The first-order valence-corrected chi connectivity index (χ1v) is 8.01. The van der Waals surface area contributed by atoms with Crippen LogP contribution in [-0.4, -0.2) is 18.0 Å². The van der Waals surface area contributed by atoms with Crippen molar-refractivity contribution in [2.24, 2.45) is 5.92 Å². The minimum Gasteiger partial charge on any atom is -0.366 e. The van der Waals surface area contributed by atoms with Crippen molar-refractivity contribution in [2.75, 3.05) is 6.61 Å². The van der Waals surface area contributed by atoms with Gasteiger partial charge < -0.3 is 4.74 Å². The molecule has 4 rings (SSSR count). The summed E-state index contributed by atoms with van der Waals surface area (Å²) in [5.41, 5.74) is 0.929. The van der Waals surface area contributed by atoms with Gasteiger partial charge in [0.15, 0.2) is 5.78 Å². The van der Waals surface area contributed by atoms with Crippen molar-refractivity contribution < 1.29 is 9.53 Å². The predicted octanol–water partition coefficient (Wildman–Crippen LogP) is 4.22. The van der Waals surface area contributed by atoms with Crippen molar-refractivity contribution in [1.29, 1.82) is 0 Å². The SMILES string of the molecule is C[C@@]12C=CC(=O)C[C@@H]1/C(=C\c1cc3ccccc3s1)CO2. The molecule has 1 fully saturated rings. The van der Waals surface area contributed by atoms with Crippen molar-refractivity contribution >= 4 is 33.3 Å². The minimum atomic E-state index is -0.309. The van der Waals surface area contributed by atoms with E-state index in [0.29, 0.717) is 13.0 Å². The molecule has 1 aromatic carbocycles. The Hall–Kier alpha value is -1.71. The highest BCUT2D eigenvalue weighted by molar-refractivity contribution is 7.19. The van der Waals surface area contributed by atoms with E-state index in [1.165, 1.54) is 20.5 Å².